The maximum absolute atomic E-state index is 14.3. The molecule has 0 spiro atoms. The molecule has 1 aromatic heterocycles. The highest BCUT2D eigenvalue weighted by Gasteiger charge is 2.49. The molecule has 5 rings (SSSR count). The molecule has 50 heavy (non-hydrogen) atoms. The van der Waals surface area contributed by atoms with Crippen molar-refractivity contribution in [1.82, 2.24) is 0 Å². The second-order valence-corrected chi connectivity index (χ2v) is 17.4. The van der Waals surface area contributed by atoms with Crippen LogP contribution in [-0.4, -0.2) is 52.4 Å². The number of hydrogen-bond donors (Lipinski definition) is 3. The predicted molar refractivity (Wildman–Crippen MR) is 199 cm³/mol. The number of benzene rings is 3. The van der Waals surface area contributed by atoms with Gasteiger partial charge >= 0.3 is 0 Å². The average molecular weight is 721 g/mol. The van der Waals surface area contributed by atoms with E-state index in [0.717, 1.165) is 42.5 Å². The Kier molecular flexibility index (Phi) is 11.1. The summed E-state index contributed by atoms with van der Waals surface area (Å²) < 4.78 is 65.3. The van der Waals surface area contributed by atoms with Crippen LogP contribution in [0.2, 0.25) is 0 Å². The summed E-state index contributed by atoms with van der Waals surface area (Å²) in [5.41, 5.74) is 4.39. The molecule has 1 aliphatic rings. The van der Waals surface area contributed by atoms with Gasteiger partial charge in [-0.25, -0.2) is 13.0 Å². The Balaban J connectivity index is 1.69. The normalized spacial score (nSPS) is 18.2. The van der Waals surface area contributed by atoms with Crippen molar-refractivity contribution in [2.24, 2.45) is 12.5 Å². The summed E-state index contributed by atoms with van der Waals surface area (Å²) in [5, 5.41) is 16.1. The van der Waals surface area contributed by atoms with E-state index in [2.05, 4.69) is 19.2 Å². The van der Waals surface area contributed by atoms with Crippen LogP contribution in [0.5, 0.6) is 0 Å². The van der Waals surface area contributed by atoms with Gasteiger partial charge in [-0.15, -0.1) is 0 Å². The molecule has 11 heteroatoms. The lowest BCUT2D eigenvalue weighted by molar-refractivity contribution is -0.670. The number of aliphatic hydroxyl groups is 1. The predicted octanol–water partition coefficient (Wildman–Crippen LogP) is 7.19. The van der Waals surface area contributed by atoms with Crippen LogP contribution >= 0.6 is 0 Å². The van der Waals surface area contributed by atoms with Gasteiger partial charge in [0.05, 0.1) is 28.0 Å². The number of aryl methyl sites for hydroxylation is 2. The fourth-order valence-electron chi connectivity index (χ4n) is 7.36. The van der Waals surface area contributed by atoms with Crippen LogP contribution in [0.4, 0.5) is 17.1 Å². The lowest BCUT2D eigenvalue weighted by Crippen LogP contribution is -2.43. The van der Waals surface area contributed by atoms with Crippen LogP contribution in [0.1, 0.15) is 75.0 Å². The molecule has 9 nitrogen and oxygen atoms in total. The second-order valence-electron chi connectivity index (χ2n) is 14.0. The molecular weight excluding hydrogens is 671 g/mol. The van der Waals surface area contributed by atoms with Crippen molar-refractivity contribution >= 4 is 37.0 Å². The van der Waals surface area contributed by atoms with Gasteiger partial charge in [0, 0.05) is 48.4 Å². The molecule has 4 aromatic rings. The van der Waals surface area contributed by atoms with Gasteiger partial charge in [-0.2, -0.15) is 8.42 Å². The SMILES string of the molecule is CCCCC1(CCCC)CS(=O)(=O)c2ccc(N(C)C)cc2[C@@H](c2cccc(Nc3cc[n+](C)cc3-c3cc(C)ccc3S(=O)(=O)O)c2)[C@H]1O. The smallest absolute Gasteiger partial charge is 0.295 e. The first-order chi connectivity index (χ1) is 23.6. The van der Waals surface area contributed by atoms with E-state index in [9.17, 15) is 26.5 Å². The van der Waals surface area contributed by atoms with E-state index in [-0.39, 0.29) is 15.5 Å². The number of anilines is 3. The molecule has 0 fully saturated rings. The molecular formula is C39H50N3O6S2+. The molecule has 2 atom stereocenters. The third-order valence-corrected chi connectivity index (χ3v) is 12.9. The maximum Gasteiger partial charge on any atom is 0.295 e. The average Bonchev–Trinajstić information content (AvgIpc) is 3.13. The zero-order chi connectivity index (χ0) is 36.4. The Hall–Kier alpha value is -3.77. The number of nitrogens with zero attached hydrogens (tertiary/aromatic N) is 2. The summed E-state index contributed by atoms with van der Waals surface area (Å²) in [7, 11) is -2.61. The minimum absolute atomic E-state index is 0.110. The maximum atomic E-state index is 14.3. The fraction of sp³-hybridized carbons (Fsp3) is 0.410. The number of hydrogen-bond acceptors (Lipinski definition) is 7. The van der Waals surface area contributed by atoms with Crippen LogP contribution < -0.4 is 14.8 Å². The Morgan fingerprint density at radius 3 is 2.30 bits per heavy atom. The molecule has 3 N–H and O–H groups in total. The van der Waals surface area contributed by atoms with Gasteiger partial charge in [0.2, 0.25) is 0 Å². The minimum Gasteiger partial charge on any atom is -0.392 e. The first-order valence-electron chi connectivity index (χ1n) is 17.3. The standard InChI is InChI=1S/C39H49N3O6S2/c1-7-9-19-39(20-10-8-2)26-49(44,45)35-17-15-30(41(4)5)24-32(35)37(38(39)43)28-12-11-13-29(23-28)40-34-18-21-42(6)25-33(34)31-22-27(3)14-16-36(31)50(46,47)48/h11-18,21-25,37-38,43H,7-10,19-20,26H2,1-6H3,(H,46,47,48)/p+1/t37-,38-/m1/s1. The van der Waals surface area contributed by atoms with Crippen molar-refractivity contribution in [3.8, 4) is 11.1 Å². The van der Waals surface area contributed by atoms with Crippen LogP contribution in [0.3, 0.4) is 0 Å². The number of unbranched alkanes of at least 4 members (excludes halogenated alkanes) is 2. The van der Waals surface area contributed by atoms with E-state index >= 15 is 0 Å². The monoisotopic (exact) mass is 720 g/mol. The topological polar surface area (TPSA) is 128 Å². The van der Waals surface area contributed by atoms with E-state index in [4.69, 9.17) is 0 Å². The molecule has 0 bridgehead atoms. The number of nitrogens with one attached hydrogen (secondary N) is 1. The van der Waals surface area contributed by atoms with E-state index in [0.29, 0.717) is 40.9 Å². The van der Waals surface area contributed by atoms with Crippen LogP contribution in [0, 0.1) is 12.3 Å². The highest BCUT2D eigenvalue weighted by molar-refractivity contribution is 7.91. The first-order valence-corrected chi connectivity index (χ1v) is 20.4. The Morgan fingerprint density at radius 2 is 1.66 bits per heavy atom. The van der Waals surface area contributed by atoms with Gasteiger partial charge in [-0.3, -0.25) is 4.55 Å². The number of sulfone groups is 1. The lowest BCUT2D eigenvalue weighted by Gasteiger charge is -2.40. The molecule has 0 unspecified atom stereocenters. The van der Waals surface area contributed by atoms with E-state index in [1.54, 1.807) is 29.0 Å². The van der Waals surface area contributed by atoms with Gasteiger partial charge in [0.15, 0.2) is 22.2 Å². The van der Waals surface area contributed by atoms with Gasteiger partial charge in [-0.1, -0.05) is 63.3 Å². The molecule has 1 aliphatic heterocycles. The zero-order valence-corrected chi connectivity index (χ0v) is 31.5. The molecule has 0 radical (unpaired) electrons. The highest BCUT2D eigenvalue weighted by Crippen LogP contribution is 2.50. The number of aliphatic hydroxyl groups excluding tert-OH is 1. The zero-order valence-electron chi connectivity index (χ0n) is 29.8. The second kappa shape index (κ2) is 14.8. The number of fused-ring (bicyclic) bond motifs is 1. The van der Waals surface area contributed by atoms with Crippen molar-refractivity contribution in [2.75, 3.05) is 30.1 Å². The summed E-state index contributed by atoms with van der Waals surface area (Å²) in [6, 6.07) is 19.7. The number of rotatable bonds is 12. The van der Waals surface area contributed by atoms with Gasteiger partial charge in [0.1, 0.15) is 11.9 Å². The summed E-state index contributed by atoms with van der Waals surface area (Å²) in [4.78, 5) is 2.00. The Bertz CT molecular complexity index is 2070. The van der Waals surface area contributed by atoms with Gasteiger partial charge in [0.25, 0.3) is 10.1 Å². The summed E-state index contributed by atoms with van der Waals surface area (Å²) in [6.45, 7) is 6.03. The van der Waals surface area contributed by atoms with Crippen LogP contribution in [-0.2, 0) is 27.0 Å². The molecule has 0 aliphatic carbocycles. The van der Waals surface area contributed by atoms with Crippen LogP contribution in [0.15, 0.2) is 88.9 Å². The molecule has 0 saturated carbocycles. The largest absolute Gasteiger partial charge is 0.392 e. The van der Waals surface area contributed by atoms with Crippen molar-refractivity contribution < 1.29 is 31.1 Å². The van der Waals surface area contributed by atoms with Crippen molar-refractivity contribution in [3.63, 3.8) is 0 Å². The summed E-state index contributed by atoms with van der Waals surface area (Å²) in [6.07, 6.45) is 7.26. The fourth-order valence-corrected chi connectivity index (χ4v) is 10.2. The molecule has 2 heterocycles. The van der Waals surface area contributed by atoms with E-state index < -0.39 is 37.4 Å². The van der Waals surface area contributed by atoms with Crippen molar-refractivity contribution in [3.05, 3.63) is 95.8 Å². The van der Waals surface area contributed by atoms with E-state index in [1.165, 1.54) is 6.07 Å². The molecule has 0 saturated heterocycles. The summed E-state index contributed by atoms with van der Waals surface area (Å²) in [5.74, 6) is -0.741. The van der Waals surface area contributed by atoms with Gasteiger partial charge < -0.3 is 15.3 Å². The molecule has 3 aromatic carbocycles. The number of pyridine rings is 1. The van der Waals surface area contributed by atoms with Gasteiger partial charge in [-0.05, 0) is 73.4 Å². The lowest BCUT2D eigenvalue weighted by atomic mass is 9.68. The Labute approximate surface area is 297 Å². The van der Waals surface area contributed by atoms with Crippen molar-refractivity contribution in [1.29, 1.82) is 0 Å². The van der Waals surface area contributed by atoms with E-state index in [1.807, 2.05) is 81.6 Å². The highest BCUT2D eigenvalue weighted by atomic mass is 32.2. The first kappa shape index (κ1) is 37.5. The van der Waals surface area contributed by atoms with Crippen LogP contribution in [0.25, 0.3) is 11.1 Å². The third-order valence-electron chi connectivity index (χ3n) is 9.98. The molecule has 268 valence electrons. The van der Waals surface area contributed by atoms with Crippen molar-refractivity contribution in [2.45, 2.75) is 81.1 Å². The quantitative estimate of drug-likeness (QED) is 0.104. The minimum atomic E-state index is -4.52. The summed E-state index contributed by atoms with van der Waals surface area (Å²) >= 11 is 0. The third kappa shape index (κ3) is 7.76. The number of aromatic nitrogens is 1. The molecule has 0 amide bonds. The Morgan fingerprint density at radius 1 is 0.960 bits per heavy atom.